The first-order valence-electron chi connectivity index (χ1n) is 8.03. The van der Waals surface area contributed by atoms with E-state index in [4.69, 9.17) is 14.4 Å². The van der Waals surface area contributed by atoms with Crippen LogP contribution in [0.4, 0.5) is 0 Å². The van der Waals surface area contributed by atoms with E-state index in [1.807, 2.05) is 49.4 Å². The Kier molecular flexibility index (Phi) is 4.99. The third-order valence-electron chi connectivity index (χ3n) is 3.95. The van der Waals surface area contributed by atoms with Gasteiger partial charge in [0, 0.05) is 10.9 Å². The molecule has 26 heavy (non-hydrogen) atoms. The van der Waals surface area contributed by atoms with Gasteiger partial charge in [0.2, 0.25) is 0 Å². The standard InChI is InChI=1S/C20H17N3O3/c1-13-17-5-3-4-6-18(17)26-19(13)20(24)23-22-14(2)15-7-9-16(10-8-15)25-12-11-21/h3-10H,12H2,1-2H3,(H,23,24)/b22-14-. The van der Waals surface area contributed by atoms with Gasteiger partial charge >= 0.3 is 5.91 Å². The average Bonchev–Trinajstić information content (AvgIpc) is 3.01. The van der Waals surface area contributed by atoms with Gasteiger partial charge in [-0.2, -0.15) is 10.4 Å². The van der Waals surface area contributed by atoms with Gasteiger partial charge in [0.25, 0.3) is 0 Å². The molecule has 1 N–H and O–H groups in total. The summed E-state index contributed by atoms with van der Waals surface area (Å²) < 4.78 is 10.8. The zero-order valence-corrected chi connectivity index (χ0v) is 14.4. The molecular weight excluding hydrogens is 330 g/mol. The van der Waals surface area contributed by atoms with Crippen molar-refractivity contribution >= 4 is 22.6 Å². The zero-order valence-electron chi connectivity index (χ0n) is 14.4. The number of para-hydroxylation sites is 1. The molecule has 1 aromatic heterocycles. The molecule has 0 spiro atoms. The summed E-state index contributed by atoms with van der Waals surface area (Å²) in [6, 6.07) is 16.5. The molecule has 0 fully saturated rings. The Morgan fingerprint density at radius 1 is 1.23 bits per heavy atom. The van der Waals surface area contributed by atoms with Crippen LogP contribution in [0.5, 0.6) is 5.75 Å². The van der Waals surface area contributed by atoms with E-state index in [2.05, 4.69) is 10.5 Å². The molecule has 0 aliphatic carbocycles. The summed E-state index contributed by atoms with van der Waals surface area (Å²) in [4.78, 5) is 12.4. The minimum absolute atomic E-state index is 0.000668. The molecule has 6 heteroatoms. The SMILES string of the molecule is C/C(=N/NC(=O)c1oc2ccccc2c1C)c1ccc(OCC#N)cc1. The Labute approximate surface area is 150 Å². The largest absolute Gasteiger partial charge is 0.479 e. The molecule has 130 valence electrons. The molecule has 0 atom stereocenters. The fourth-order valence-corrected chi connectivity index (χ4v) is 2.55. The van der Waals surface area contributed by atoms with Gasteiger partial charge in [-0.3, -0.25) is 4.79 Å². The van der Waals surface area contributed by atoms with E-state index in [9.17, 15) is 4.79 Å². The Bertz CT molecular complexity index is 1010. The fourth-order valence-electron chi connectivity index (χ4n) is 2.55. The topological polar surface area (TPSA) is 87.6 Å². The Morgan fingerprint density at radius 2 is 1.96 bits per heavy atom. The number of aryl methyl sites for hydroxylation is 1. The lowest BCUT2D eigenvalue weighted by Gasteiger charge is -2.04. The highest BCUT2D eigenvalue weighted by atomic mass is 16.5. The maximum absolute atomic E-state index is 12.4. The number of amides is 1. The molecule has 0 saturated carbocycles. The predicted molar refractivity (Wildman–Crippen MR) is 98.2 cm³/mol. The van der Waals surface area contributed by atoms with E-state index < -0.39 is 5.91 Å². The smallest absolute Gasteiger partial charge is 0.307 e. The van der Waals surface area contributed by atoms with Crippen LogP contribution < -0.4 is 10.2 Å². The monoisotopic (exact) mass is 347 g/mol. The normalized spacial score (nSPS) is 11.2. The van der Waals surface area contributed by atoms with Crippen LogP contribution in [0.15, 0.2) is 58.0 Å². The first-order chi connectivity index (χ1) is 12.6. The number of hydrogen-bond acceptors (Lipinski definition) is 5. The van der Waals surface area contributed by atoms with Gasteiger partial charge in [-0.15, -0.1) is 0 Å². The number of benzene rings is 2. The summed E-state index contributed by atoms with van der Waals surface area (Å²) in [6.07, 6.45) is 0. The number of carbonyl (C=O) groups excluding carboxylic acids is 1. The molecule has 0 unspecified atom stereocenters. The fraction of sp³-hybridized carbons (Fsp3) is 0.150. The quantitative estimate of drug-likeness (QED) is 0.562. The second-order valence-electron chi connectivity index (χ2n) is 5.66. The molecule has 3 aromatic rings. The molecule has 1 heterocycles. The molecule has 0 bridgehead atoms. The second-order valence-corrected chi connectivity index (χ2v) is 5.66. The first kappa shape index (κ1) is 17.2. The van der Waals surface area contributed by atoms with Gasteiger partial charge in [-0.25, -0.2) is 5.43 Å². The third kappa shape index (κ3) is 3.57. The van der Waals surface area contributed by atoms with Crippen molar-refractivity contribution in [2.75, 3.05) is 6.61 Å². The van der Waals surface area contributed by atoms with Crippen LogP contribution in [0.25, 0.3) is 11.0 Å². The molecular formula is C20H17N3O3. The molecule has 3 rings (SSSR count). The Morgan fingerprint density at radius 3 is 2.65 bits per heavy atom. The number of nitriles is 1. The van der Waals surface area contributed by atoms with Gasteiger partial charge in [-0.1, -0.05) is 18.2 Å². The highest BCUT2D eigenvalue weighted by Crippen LogP contribution is 2.24. The average molecular weight is 347 g/mol. The van der Waals surface area contributed by atoms with Crippen molar-refractivity contribution < 1.29 is 13.9 Å². The van der Waals surface area contributed by atoms with E-state index in [1.54, 1.807) is 19.1 Å². The lowest BCUT2D eigenvalue weighted by molar-refractivity contribution is 0.0928. The number of hydrogen-bond donors (Lipinski definition) is 1. The van der Waals surface area contributed by atoms with Crippen LogP contribution in [0.1, 0.15) is 28.6 Å². The minimum Gasteiger partial charge on any atom is -0.479 e. The predicted octanol–water partition coefficient (Wildman–Crippen LogP) is 3.80. The van der Waals surface area contributed by atoms with Gasteiger partial charge in [0.1, 0.15) is 17.4 Å². The number of fused-ring (bicyclic) bond motifs is 1. The molecule has 0 radical (unpaired) electrons. The van der Waals surface area contributed by atoms with Gasteiger partial charge in [0.15, 0.2) is 12.4 Å². The van der Waals surface area contributed by atoms with E-state index >= 15 is 0 Å². The van der Waals surface area contributed by atoms with E-state index in [0.29, 0.717) is 17.0 Å². The van der Waals surface area contributed by atoms with Crippen LogP contribution in [-0.2, 0) is 0 Å². The zero-order chi connectivity index (χ0) is 18.5. The Balaban J connectivity index is 1.72. The maximum Gasteiger partial charge on any atom is 0.307 e. The molecule has 2 aromatic carbocycles. The van der Waals surface area contributed by atoms with Gasteiger partial charge in [-0.05, 0) is 49.7 Å². The highest BCUT2D eigenvalue weighted by Gasteiger charge is 2.17. The number of hydrazone groups is 1. The van der Waals surface area contributed by atoms with Gasteiger partial charge < -0.3 is 9.15 Å². The molecule has 0 aliphatic heterocycles. The van der Waals surface area contributed by atoms with Crippen LogP contribution in [-0.4, -0.2) is 18.2 Å². The van der Waals surface area contributed by atoms with Crippen LogP contribution in [0.2, 0.25) is 0 Å². The lowest BCUT2D eigenvalue weighted by Crippen LogP contribution is -2.19. The van der Waals surface area contributed by atoms with Crippen LogP contribution in [0, 0.1) is 18.3 Å². The summed E-state index contributed by atoms with van der Waals surface area (Å²) in [5, 5.41) is 13.6. The summed E-state index contributed by atoms with van der Waals surface area (Å²) in [6.45, 7) is 3.63. The number of ether oxygens (including phenoxy) is 1. The number of nitrogens with zero attached hydrogens (tertiary/aromatic N) is 2. The summed E-state index contributed by atoms with van der Waals surface area (Å²) in [7, 11) is 0. The first-order valence-corrected chi connectivity index (χ1v) is 8.03. The van der Waals surface area contributed by atoms with E-state index in [-0.39, 0.29) is 12.4 Å². The van der Waals surface area contributed by atoms with Crippen LogP contribution in [0.3, 0.4) is 0 Å². The summed E-state index contributed by atoms with van der Waals surface area (Å²) in [5.41, 5.74) is 5.45. The van der Waals surface area contributed by atoms with E-state index in [1.165, 1.54) is 0 Å². The molecule has 1 amide bonds. The highest BCUT2D eigenvalue weighted by molar-refractivity contribution is 6.02. The molecule has 6 nitrogen and oxygen atoms in total. The number of nitrogens with one attached hydrogen (secondary N) is 1. The van der Waals surface area contributed by atoms with Crippen molar-refractivity contribution in [2.24, 2.45) is 5.10 Å². The van der Waals surface area contributed by atoms with Crippen molar-refractivity contribution in [3.05, 3.63) is 65.4 Å². The van der Waals surface area contributed by atoms with E-state index in [0.717, 1.165) is 16.5 Å². The number of furan rings is 1. The van der Waals surface area contributed by atoms with Crippen molar-refractivity contribution in [3.63, 3.8) is 0 Å². The summed E-state index contributed by atoms with van der Waals surface area (Å²) in [5.74, 6) is 0.458. The summed E-state index contributed by atoms with van der Waals surface area (Å²) >= 11 is 0. The second kappa shape index (κ2) is 7.53. The number of rotatable bonds is 5. The van der Waals surface area contributed by atoms with Crippen molar-refractivity contribution in [2.45, 2.75) is 13.8 Å². The van der Waals surface area contributed by atoms with Crippen molar-refractivity contribution in [1.82, 2.24) is 5.43 Å². The minimum atomic E-state index is -0.396. The van der Waals surface area contributed by atoms with Crippen molar-refractivity contribution in [1.29, 1.82) is 5.26 Å². The maximum atomic E-state index is 12.4. The Hall–Kier alpha value is -3.59. The van der Waals surface area contributed by atoms with Crippen molar-refractivity contribution in [3.8, 4) is 11.8 Å². The van der Waals surface area contributed by atoms with Crippen LogP contribution >= 0.6 is 0 Å². The molecule has 0 saturated heterocycles. The lowest BCUT2D eigenvalue weighted by atomic mass is 10.1. The molecule has 0 aliphatic rings. The third-order valence-corrected chi connectivity index (χ3v) is 3.95. The number of carbonyl (C=O) groups is 1. The van der Waals surface area contributed by atoms with Gasteiger partial charge in [0.05, 0.1) is 5.71 Å².